The molecule has 128 valence electrons. The number of carbonyl (C=O) groups is 1. The zero-order valence-corrected chi connectivity index (χ0v) is 14.9. The normalized spacial score (nSPS) is 19.7. The number of rotatable bonds is 6. The molecular formula is C19H29NO3. The Balaban J connectivity index is 2.04. The second-order valence-corrected chi connectivity index (χ2v) is 7.12. The number of benzene rings is 1. The van der Waals surface area contributed by atoms with Gasteiger partial charge in [-0.1, -0.05) is 32.0 Å². The molecule has 1 aliphatic rings. The highest BCUT2D eigenvalue weighted by Crippen LogP contribution is 2.29. The summed E-state index contributed by atoms with van der Waals surface area (Å²) in [6.07, 6.45) is 2.17. The number of ether oxygens (including phenoxy) is 2. The molecule has 0 bridgehead atoms. The van der Waals surface area contributed by atoms with Crippen molar-refractivity contribution in [2.45, 2.75) is 71.1 Å². The van der Waals surface area contributed by atoms with E-state index in [9.17, 15) is 4.79 Å². The van der Waals surface area contributed by atoms with E-state index in [1.165, 1.54) is 0 Å². The van der Waals surface area contributed by atoms with Crippen molar-refractivity contribution in [3.8, 4) is 5.75 Å². The summed E-state index contributed by atoms with van der Waals surface area (Å²) in [5.41, 5.74) is 0.179. The van der Waals surface area contributed by atoms with E-state index in [4.69, 9.17) is 9.47 Å². The fourth-order valence-corrected chi connectivity index (χ4v) is 2.84. The van der Waals surface area contributed by atoms with Gasteiger partial charge in [0.15, 0.2) is 5.60 Å². The van der Waals surface area contributed by atoms with E-state index >= 15 is 0 Å². The molecule has 1 aliphatic heterocycles. The molecule has 4 nitrogen and oxygen atoms in total. The van der Waals surface area contributed by atoms with Gasteiger partial charge in [-0.25, -0.2) is 0 Å². The highest BCUT2D eigenvalue weighted by molar-refractivity contribution is 5.85. The number of hydrogen-bond donors (Lipinski definition) is 1. The number of carbonyl (C=O) groups excluding carboxylic acids is 1. The molecule has 4 heteroatoms. The van der Waals surface area contributed by atoms with Crippen molar-refractivity contribution in [1.82, 2.24) is 5.32 Å². The van der Waals surface area contributed by atoms with Crippen molar-refractivity contribution in [2.75, 3.05) is 6.61 Å². The molecule has 2 rings (SSSR count). The lowest BCUT2D eigenvalue weighted by molar-refractivity contribution is -0.135. The minimum atomic E-state index is -0.933. The fraction of sp³-hybridized carbons (Fsp3) is 0.632. The Labute approximate surface area is 139 Å². The van der Waals surface area contributed by atoms with Crippen LogP contribution >= 0.6 is 0 Å². The minimum Gasteiger partial charge on any atom is -0.478 e. The lowest BCUT2D eigenvalue weighted by atomic mass is 10.0. The summed E-state index contributed by atoms with van der Waals surface area (Å²) in [5.74, 6) is 1.00. The van der Waals surface area contributed by atoms with E-state index in [1.54, 1.807) is 0 Å². The van der Waals surface area contributed by atoms with E-state index in [0.717, 1.165) is 30.8 Å². The molecule has 0 saturated carbocycles. The van der Waals surface area contributed by atoms with Gasteiger partial charge in [-0.3, -0.25) is 4.79 Å². The fourth-order valence-electron chi connectivity index (χ4n) is 2.84. The maximum atomic E-state index is 12.6. The van der Waals surface area contributed by atoms with Crippen molar-refractivity contribution in [3.05, 3.63) is 29.8 Å². The molecule has 0 aromatic heterocycles. The van der Waals surface area contributed by atoms with Gasteiger partial charge in [-0.15, -0.1) is 0 Å². The third-order valence-corrected chi connectivity index (χ3v) is 4.33. The summed E-state index contributed by atoms with van der Waals surface area (Å²) in [4.78, 5) is 12.6. The Kier molecular flexibility index (Phi) is 5.69. The topological polar surface area (TPSA) is 47.6 Å². The first-order valence-electron chi connectivity index (χ1n) is 8.52. The van der Waals surface area contributed by atoms with Crippen LogP contribution in [0.3, 0.4) is 0 Å². The molecule has 0 radical (unpaired) electrons. The maximum Gasteiger partial charge on any atom is 0.263 e. The largest absolute Gasteiger partial charge is 0.478 e. The van der Waals surface area contributed by atoms with Gasteiger partial charge in [0.1, 0.15) is 5.75 Å². The van der Waals surface area contributed by atoms with Gasteiger partial charge in [0.2, 0.25) is 0 Å². The average Bonchev–Trinajstić information content (AvgIpc) is 3.01. The summed E-state index contributed by atoms with van der Waals surface area (Å²) in [6.45, 7) is 10.6. The van der Waals surface area contributed by atoms with Gasteiger partial charge in [-0.05, 0) is 51.2 Å². The Morgan fingerprint density at radius 2 is 2.00 bits per heavy atom. The third-order valence-electron chi connectivity index (χ3n) is 4.33. The second kappa shape index (κ2) is 7.35. The smallest absolute Gasteiger partial charge is 0.263 e. The molecule has 2 atom stereocenters. The zero-order chi connectivity index (χ0) is 17.0. The van der Waals surface area contributed by atoms with Gasteiger partial charge in [0.05, 0.1) is 12.1 Å². The van der Waals surface area contributed by atoms with Gasteiger partial charge < -0.3 is 14.8 Å². The predicted molar refractivity (Wildman–Crippen MR) is 91.8 cm³/mol. The van der Waals surface area contributed by atoms with E-state index in [-0.39, 0.29) is 18.1 Å². The van der Waals surface area contributed by atoms with Crippen molar-refractivity contribution in [3.63, 3.8) is 0 Å². The Bertz CT molecular complexity index is 533. The Morgan fingerprint density at radius 1 is 1.30 bits per heavy atom. The summed E-state index contributed by atoms with van der Waals surface area (Å²) in [5, 5.41) is 3.04. The monoisotopic (exact) mass is 319 g/mol. The molecule has 0 spiro atoms. The second-order valence-electron chi connectivity index (χ2n) is 7.12. The van der Waals surface area contributed by atoms with Crippen LogP contribution in [0.15, 0.2) is 24.3 Å². The molecule has 1 amide bonds. The van der Waals surface area contributed by atoms with Crippen LogP contribution in [-0.2, 0) is 9.53 Å². The number of para-hydroxylation sites is 1. The number of amides is 1. The standard InChI is InChI=1S/C19H29NO3/c1-13(2)15-9-6-7-10-17(15)23-19(4,5)18(21)20-14(3)16-11-8-12-22-16/h6-7,9-10,13-14,16H,8,11-12H2,1-5H3,(H,20,21). The van der Waals surface area contributed by atoms with Crippen LogP contribution in [0.1, 0.15) is 58.9 Å². The van der Waals surface area contributed by atoms with E-state index in [1.807, 2.05) is 45.0 Å². The van der Waals surface area contributed by atoms with Crippen molar-refractivity contribution in [1.29, 1.82) is 0 Å². The molecule has 1 heterocycles. The maximum absolute atomic E-state index is 12.6. The van der Waals surface area contributed by atoms with Crippen molar-refractivity contribution >= 4 is 5.91 Å². The Morgan fingerprint density at radius 3 is 2.61 bits per heavy atom. The van der Waals surface area contributed by atoms with Crippen LogP contribution in [-0.4, -0.2) is 30.3 Å². The molecule has 0 aliphatic carbocycles. The van der Waals surface area contributed by atoms with Crippen LogP contribution in [0.5, 0.6) is 5.75 Å². The first kappa shape index (κ1) is 17.8. The molecule has 1 fully saturated rings. The highest BCUT2D eigenvalue weighted by atomic mass is 16.5. The third kappa shape index (κ3) is 4.47. The zero-order valence-electron chi connectivity index (χ0n) is 14.9. The summed E-state index contributed by atoms with van der Waals surface area (Å²) in [6, 6.07) is 7.89. The highest BCUT2D eigenvalue weighted by Gasteiger charge is 2.34. The van der Waals surface area contributed by atoms with Crippen LogP contribution in [0.25, 0.3) is 0 Å². The molecule has 1 saturated heterocycles. The molecular weight excluding hydrogens is 290 g/mol. The van der Waals surface area contributed by atoms with Gasteiger partial charge in [-0.2, -0.15) is 0 Å². The SMILES string of the molecule is CC(C)c1ccccc1OC(C)(C)C(=O)NC(C)C1CCCO1. The molecule has 23 heavy (non-hydrogen) atoms. The quantitative estimate of drug-likeness (QED) is 0.870. The lowest BCUT2D eigenvalue weighted by Crippen LogP contribution is -2.52. The van der Waals surface area contributed by atoms with Crippen molar-refractivity contribution in [2.24, 2.45) is 0 Å². The van der Waals surface area contributed by atoms with Gasteiger partial charge in [0.25, 0.3) is 5.91 Å². The Hall–Kier alpha value is -1.55. The average molecular weight is 319 g/mol. The number of nitrogens with one attached hydrogen (secondary N) is 1. The minimum absolute atomic E-state index is 0.00628. The predicted octanol–water partition coefficient (Wildman–Crippen LogP) is 3.65. The van der Waals surface area contributed by atoms with Crippen molar-refractivity contribution < 1.29 is 14.3 Å². The van der Waals surface area contributed by atoms with Gasteiger partial charge in [0, 0.05) is 6.61 Å². The first-order valence-corrected chi connectivity index (χ1v) is 8.52. The molecule has 1 aromatic rings. The van der Waals surface area contributed by atoms with Gasteiger partial charge >= 0.3 is 0 Å². The summed E-state index contributed by atoms with van der Waals surface area (Å²) >= 11 is 0. The summed E-state index contributed by atoms with van der Waals surface area (Å²) in [7, 11) is 0. The molecule has 1 aromatic carbocycles. The van der Waals surface area contributed by atoms with Crippen LogP contribution in [0.2, 0.25) is 0 Å². The number of hydrogen-bond acceptors (Lipinski definition) is 3. The van der Waals surface area contributed by atoms with E-state index in [2.05, 4.69) is 19.2 Å². The van der Waals surface area contributed by atoms with Crippen LogP contribution in [0.4, 0.5) is 0 Å². The van der Waals surface area contributed by atoms with E-state index in [0.29, 0.717) is 5.92 Å². The summed E-state index contributed by atoms with van der Waals surface area (Å²) < 4.78 is 11.7. The molecule has 2 unspecified atom stereocenters. The lowest BCUT2D eigenvalue weighted by Gasteiger charge is -2.30. The van der Waals surface area contributed by atoms with E-state index < -0.39 is 5.60 Å². The first-order chi connectivity index (χ1) is 10.8. The van der Waals surface area contributed by atoms with Crippen LogP contribution < -0.4 is 10.1 Å². The molecule has 1 N–H and O–H groups in total. The van der Waals surface area contributed by atoms with Crippen LogP contribution in [0, 0.1) is 0 Å².